The van der Waals surface area contributed by atoms with Crippen molar-refractivity contribution < 1.29 is 19.1 Å². The molecule has 2 heterocycles. The number of halogens is 2. The molecule has 4 atom stereocenters. The van der Waals surface area contributed by atoms with Crippen LogP contribution in [-0.2, 0) is 24.7 Å². The monoisotopic (exact) mass is 368 g/mol. The summed E-state index contributed by atoms with van der Waals surface area (Å²) in [6, 6.07) is 4.73. The highest BCUT2D eigenvalue weighted by molar-refractivity contribution is 6.36. The third-order valence-corrected chi connectivity index (χ3v) is 6.29. The molecule has 1 aromatic rings. The number of rotatable bonds is 1. The van der Waals surface area contributed by atoms with Crippen LogP contribution in [0.15, 0.2) is 18.2 Å². The first-order valence-corrected chi connectivity index (χ1v) is 9.05. The molecule has 1 aromatic carbocycles. The Balaban J connectivity index is 1.92. The van der Waals surface area contributed by atoms with Crippen LogP contribution in [0, 0.1) is 11.8 Å². The summed E-state index contributed by atoms with van der Waals surface area (Å²) in [7, 11) is 0. The molecule has 0 aromatic heterocycles. The van der Waals surface area contributed by atoms with E-state index in [2.05, 4.69) is 6.92 Å². The molecule has 4 unspecified atom stereocenters. The molecule has 2 bridgehead atoms. The fraction of sp³-hybridized carbons (Fsp3) is 0.556. The molecule has 1 saturated carbocycles. The standard InChI is InChI=1S/C18H18Cl2O4/c1-10-9-23-18(13-6-5-11(19)8-14(13)20)15(21)17(24-16(18)22)7-3-2-4-12(10)17/h5-6,8,10,12H,2-4,7,9H2,1H3. The normalized spacial score (nSPS) is 38.5. The van der Waals surface area contributed by atoms with E-state index in [4.69, 9.17) is 32.7 Å². The number of hydrogen-bond donors (Lipinski definition) is 0. The molecule has 4 nitrogen and oxygen atoms in total. The molecule has 6 heteroatoms. The summed E-state index contributed by atoms with van der Waals surface area (Å²) in [5.41, 5.74) is -2.50. The van der Waals surface area contributed by atoms with Crippen LogP contribution >= 0.6 is 23.2 Å². The number of ether oxygens (including phenoxy) is 2. The van der Waals surface area contributed by atoms with E-state index in [0.29, 0.717) is 23.6 Å². The number of carbonyl (C=O) groups excluding carboxylic acids is 2. The summed E-state index contributed by atoms with van der Waals surface area (Å²) >= 11 is 12.3. The van der Waals surface area contributed by atoms with Gasteiger partial charge in [-0.15, -0.1) is 0 Å². The molecule has 3 aliphatic rings. The Morgan fingerprint density at radius 2 is 2.00 bits per heavy atom. The number of esters is 1. The van der Waals surface area contributed by atoms with E-state index in [1.165, 1.54) is 6.07 Å². The Labute approximate surface area is 150 Å². The fourth-order valence-electron chi connectivity index (χ4n) is 4.58. The zero-order valence-corrected chi connectivity index (χ0v) is 14.8. The van der Waals surface area contributed by atoms with Gasteiger partial charge in [0.15, 0.2) is 5.60 Å². The van der Waals surface area contributed by atoms with Crippen molar-refractivity contribution in [3.8, 4) is 0 Å². The molecule has 0 radical (unpaired) electrons. The maximum atomic E-state index is 13.5. The highest BCUT2D eigenvalue weighted by Crippen LogP contribution is 2.55. The zero-order chi connectivity index (χ0) is 17.1. The van der Waals surface area contributed by atoms with Gasteiger partial charge in [-0.3, -0.25) is 4.79 Å². The molecule has 0 amide bonds. The molecule has 128 valence electrons. The average molecular weight is 369 g/mol. The second kappa shape index (κ2) is 5.45. The third kappa shape index (κ3) is 1.97. The molecule has 1 aliphatic carbocycles. The lowest BCUT2D eigenvalue weighted by molar-refractivity contribution is -0.178. The molecule has 4 rings (SSSR count). The lowest BCUT2D eigenvalue weighted by atomic mass is 9.66. The van der Waals surface area contributed by atoms with Gasteiger partial charge in [-0.1, -0.05) is 42.6 Å². The Kier molecular flexibility index (Phi) is 3.72. The Bertz CT molecular complexity index is 734. The van der Waals surface area contributed by atoms with Crippen LogP contribution in [0.4, 0.5) is 0 Å². The van der Waals surface area contributed by atoms with E-state index in [1.807, 2.05) is 0 Å². The SMILES string of the molecule is CC1COC2(c3ccc(Cl)cc3Cl)C(=O)OC3(CCCCC13)C2=O. The predicted molar refractivity (Wildman–Crippen MR) is 89.0 cm³/mol. The zero-order valence-electron chi connectivity index (χ0n) is 13.3. The van der Waals surface area contributed by atoms with Crippen molar-refractivity contribution in [2.45, 2.75) is 43.8 Å². The summed E-state index contributed by atoms with van der Waals surface area (Å²) < 4.78 is 11.7. The number of hydrogen-bond acceptors (Lipinski definition) is 4. The molecular weight excluding hydrogens is 351 g/mol. The predicted octanol–water partition coefficient (Wildman–Crippen LogP) is 3.91. The minimum absolute atomic E-state index is 0.00171. The van der Waals surface area contributed by atoms with Crippen LogP contribution < -0.4 is 0 Å². The maximum Gasteiger partial charge on any atom is 0.352 e. The molecule has 0 N–H and O–H groups in total. The van der Waals surface area contributed by atoms with E-state index in [9.17, 15) is 9.59 Å². The highest BCUT2D eigenvalue weighted by atomic mass is 35.5. The molecular formula is C18H18Cl2O4. The first-order chi connectivity index (χ1) is 11.4. The second-order valence-corrected chi connectivity index (χ2v) is 7.90. The van der Waals surface area contributed by atoms with Crippen LogP contribution in [0.3, 0.4) is 0 Å². The minimum Gasteiger partial charge on any atom is -0.448 e. The van der Waals surface area contributed by atoms with E-state index in [1.54, 1.807) is 12.1 Å². The van der Waals surface area contributed by atoms with Crippen molar-refractivity contribution in [1.82, 2.24) is 0 Å². The number of fused-ring (bicyclic) bond motifs is 1. The van der Waals surface area contributed by atoms with Gasteiger partial charge in [0.1, 0.15) is 0 Å². The number of carbonyl (C=O) groups is 2. The van der Waals surface area contributed by atoms with Crippen LogP contribution in [-0.4, -0.2) is 24.0 Å². The largest absolute Gasteiger partial charge is 0.448 e. The first-order valence-electron chi connectivity index (χ1n) is 8.29. The Hall–Kier alpha value is -1.10. The average Bonchev–Trinajstić information content (AvgIpc) is 2.68. The van der Waals surface area contributed by atoms with Gasteiger partial charge in [0.05, 0.1) is 6.61 Å². The van der Waals surface area contributed by atoms with Gasteiger partial charge in [0.25, 0.3) is 5.60 Å². The Morgan fingerprint density at radius 1 is 1.21 bits per heavy atom. The van der Waals surface area contributed by atoms with Crippen LogP contribution in [0.2, 0.25) is 10.0 Å². The molecule has 2 aliphatic heterocycles. The summed E-state index contributed by atoms with van der Waals surface area (Å²) in [5.74, 6) is -0.803. The van der Waals surface area contributed by atoms with Gasteiger partial charge in [-0.2, -0.15) is 0 Å². The highest BCUT2D eigenvalue weighted by Gasteiger charge is 2.72. The first kappa shape index (κ1) is 16.4. The van der Waals surface area contributed by atoms with Crippen molar-refractivity contribution >= 4 is 35.0 Å². The van der Waals surface area contributed by atoms with Gasteiger partial charge >= 0.3 is 5.97 Å². The van der Waals surface area contributed by atoms with Gasteiger partial charge in [0.2, 0.25) is 5.78 Å². The van der Waals surface area contributed by atoms with Crippen LogP contribution in [0.1, 0.15) is 38.2 Å². The lowest BCUT2D eigenvalue weighted by Crippen LogP contribution is -2.50. The van der Waals surface area contributed by atoms with E-state index >= 15 is 0 Å². The topological polar surface area (TPSA) is 52.6 Å². The van der Waals surface area contributed by atoms with Crippen molar-refractivity contribution in [3.63, 3.8) is 0 Å². The second-order valence-electron chi connectivity index (χ2n) is 7.05. The smallest absolute Gasteiger partial charge is 0.352 e. The van der Waals surface area contributed by atoms with Gasteiger partial charge < -0.3 is 9.47 Å². The summed E-state index contributed by atoms with van der Waals surface area (Å²) in [6.45, 7) is 2.38. The Morgan fingerprint density at radius 3 is 2.75 bits per heavy atom. The molecule has 3 fully saturated rings. The number of Topliss-reactive ketones (excluding diaryl/α,β-unsaturated/α-hetero) is 1. The molecule has 2 saturated heterocycles. The van der Waals surface area contributed by atoms with Crippen molar-refractivity contribution in [2.75, 3.05) is 6.61 Å². The van der Waals surface area contributed by atoms with E-state index < -0.39 is 17.2 Å². The molecule has 1 spiro atoms. The fourth-order valence-corrected chi connectivity index (χ4v) is 5.12. The summed E-state index contributed by atoms with van der Waals surface area (Å²) in [4.78, 5) is 26.4. The summed E-state index contributed by atoms with van der Waals surface area (Å²) in [6.07, 6.45) is 3.33. The van der Waals surface area contributed by atoms with E-state index in [0.717, 1.165) is 19.3 Å². The quantitative estimate of drug-likeness (QED) is 0.556. The maximum absolute atomic E-state index is 13.5. The van der Waals surface area contributed by atoms with Gasteiger partial charge in [-0.25, -0.2) is 4.79 Å². The lowest BCUT2D eigenvalue weighted by Gasteiger charge is -2.40. The van der Waals surface area contributed by atoms with Crippen molar-refractivity contribution in [2.24, 2.45) is 11.8 Å². The minimum atomic E-state index is -1.76. The molecule has 24 heavy (non-hydrogen) atoms. The third-order valence-electron chi connectivity index (χ3n) is 5.74. The van der Waals surface area contributed by atoms with Crippen molar-refractivity contribution in [1.29, 1.82) is 0 Å². The summed E-state index contributed by atoms with van der Waals surface area (Å²) in [5, 5.41) is 0.679. The van der Waals surface area contributed by atoms with Gasteiger partial charge in [0, 0.05) is 21.5 Å². The van der Waals surface area contributed by atoms with Crippen molar-refractivity contribution in [3.05, 3.63) is 33.8 Å². The number of ketones is 1. The van der Waals surface area contributed by atoms with Crippen LogP contribution in [0.25, 0.3) is 0 Å². The van der Waals surface area contributed by atoms with Gasteiger partial charge in [-0.05, 0) is 37.3 Å². The van der Waals surface area contributed by atoms with Crippen LogP contribution in [0.5, 0.6) is 0 Å². The number of benzene rings is 1. The van der Waals surface area contributed by atoms with E-state index in [-0.39, 0.29) is 22.6 Å².